The SMILES string of the molecule is Cc1ccc([C@@H](CN2CCOCC2)NC(=O)CCn2cncn2)cc1. The third-order valence-corrected chi connectivity index (χ3v) is 4.39. The standard InChI is InChI=1S/C18H25N5O2/c1-15-2-4-16(5-3-15)17(12-22-8-10-25-11-9-22)21-18(24)6-7-23-14-19-13-20-23/h2-5,13-14,17H,6-12H2,1H3,(H,21,24)/t17-/m1/s1. The quantitative estimate of drug-likeness (QED) is 0.817. The second-order valence-corrected chi connectivity index (χ2v) is 6.35. The van der Waals surface area contributed by atoms with E-state index in [0.717, 1.165) is 38.4 Å². The van der Waals surface area contributed by atoms with E-state index in [1.165, 1.54) is 11.9 Å². The smallest absolute Gasteiger partial charge is 0.222 e. The lowest BCUT2D eigenvalue weighted by Gasteiger charge is -2.31. The molecule has 1 aliphatic heterocycles. The van der Waals surface area contributed by atoms with Crippen molar-refractivity contribution in [2.75, 3.05) is 32.8 Å². The number of aromatic nitrogens is 3. The van der Waals surface area contributed by atoms with E-state index in [1.807, 2.05) is 0 Å². The van der Waals surface area contributed by atoms with Crippen LogP contribution in [0.5, 0.6) is 0 Å². The molecule has 2 heterocycles. The molecule has 1 aromatic carbocycles. The van der Waals surface area contributed by atoms with Crippen LogP contribution in [0.15, 0.2) is 36.9 Å². The van der Waals surface area contributed by atoms with Gasteiger partial charge < -0.3 is 10.1 Å². The lowest BCUT2D eigenvalue weighted by molar-refractivity contribution is -0.122. The van der Waals surface area contributed by atoms with Crippen LogP contribution >= 0.6 is 0 Å². The maximum atomic E-state index is 12.4. The van der Waals surface area contributed by atoms with E-state index in [9.17, 15) is 4.79 Å². The Kier molecular flexibility index (Phi) is 6.14. The Morgan fingerprint density at radius 2 is 2.04 bits per heavy atom. The molecule has 25 heavy (non-hydrogen) atoms. The predicted molar refractivity (Wildman–Crippen MR) is 94.0 cm³/mol. The fraction of sp³-hybridized carbons (Fsp3) is 0.500. The molecule has 1 saturated heterocycles. The van der Waals surface area contributed by atoms with Crippen LogP contribution in [-0.2, 0) is 16.1 Å². The molecule has 0 spiro atoms. The Balaban J connectivity index is 1.62. The van der Waals surface area contributed by atoms with E-state index < -0.39 is 0 Å². The summed E-state index contributed by atoms with van der Waals surface area (Å²) in [6, 6.07) is 8.34. The topological polar surface area (TPSA) is 72.3 Å². The summed E-state index contributed by atoms with van der Waals surface area (Å²) in [7, 11) is 0. The second-order valence-electron chi connectivity index (χ2n) is 6.35. The molecule has 1 aromatic heterocycles. The zero-order valence-electron chi connectivity index (χ0n) is 14.6. The van der Waals surface area contributed by atoms with Gasteiger partial charge in [-0.25, -0.2) is 4.98 Å². The van der Waals surface area contributed by atoms with E-state index in [0.29, 0.717) is 13.0 Å². The molecular weight excluding hydrogens is 318 g/mol. The van der Waals surface area contributed by atoms with Gasteiger partial charge in [0.2, 0.25) is 5.91 Å². The van der Waals surface area contributed by atoms with Crippen molar-refractivity contribution in [2.24, 2.45) is 0 Å². The summed E-state index contributed by atoms with van der Waals surface area (Å²) in [5.41, 5.74) is 2.34. The highest BCUT2D eigenvalue weighted by atomic mass is 16.5. The van der Waals surface area contributed by atoms with Crippen LogP contribution in [-0.4, -0.2) is 58.4 Å². The third-order valence-electron chi connectivity index (χ3n) is 4.39. The molecule has 1 aliphatic rings. The number of morpholine rings is 1. The minimum atomic E-state index is -0.0260. The lowest BCUT2D eigenvalue weighted by atomic mass is 10.0. The first-order valence-electron chi connectivity index (χ1n) is 8.69. The van der Waals surface area contributed by atoms with E-state index >= 15 is 0 Å². The van der Waals surface area contributed by atoms with Gasteiger partial charge in [0.25, 0.3) is 0 Å². The van der Waals surface area contributed by atoms with Crippen molar-refractivity contribution in [1.29, 1.82) is 0 Å². The average molecular weight is 343 g/mol. The molecule has 7 heteroatoms. The monoisotopic (exact) mass is 343 g/mol. The van der Waals surface area contributed by atoms with Gasteiger partial charge in [0, 0.05) is 26.1 Å². The number of hydrogen-bond donors (Lipinski definition) is 1. The summed E-state index contributed by atoms with van der Waals surface area (Å²) < 4.78 is 7.09. The predicted octanol–water partition coefficient (Wildman–Crippen LogP) is 1.17. The van der Waals surface area contributed by atoms with E-state index in [4.69, 9.17) is 4.74 Å². The van der Waals surface area contributed by atoms with Gasteiger partial charge >= 0.3 is 0 Å². The third kappa shape index (κ3) is 5.37. The van der Waals surface area contributed by atoms with Crippen LogP contribution in [0.1, 0.15) is 23.6 Å². The Bertz CT molecular complexity index is 651. The molecule has 0 saturated carbocycles. The average Bonchev–Trinajstić information content (AvgIpc) is 3.15. The fourth-order valence-electron chi connectivity index (χ4n) is 2.91. The summed E-state index contributed by atoms with van der Waals surface area (Å²) in [5, 5.41) is 7.21. The molecule has 1 amide bonds. The Hall–Kier alpha value is -2.25. The Morgan fingerprint density at radius 1 is 1.28 bits per heavy atom. The van der Waals surface area contributed by atoms with E-state index in [-0.39, 0.29) is 11.9 Å². The van der Waals surface area contributed by atoms with Crippen molar-refractivity contribution in [3.05, 3.63) is 48.0 Å². The van der Waals surface area contributed by atoms with Crippen molar-refractivity contribution in [3.63, 3.8) is 0 Å². The van der Waals surface area contributed by atoms with Crippen LogP contribution in [0.3, 0.4) is 0 Å². The van der Waals surface area contributed by atoms with Crippen molar-refractivity contribution in [2.45, 2.75) is 25.9 Å². The number of nitrogens with zero attached hydrogens (tertiary/aromatic N) is 4. The molecule has 134 valence electrons. The van der Waals surface area contributed by atoms with Crippen LogP contribution < -0.4 is 5.32 Å². The molecule has 1 atom stereocenters. The van der Waals surface area contributed by atoms with Crippen molar-refractivity contribution >= 4 is 5.91 Å². The number of hydrogen-bond acceptors (Lipinski definition) is 5. The van der Waals surface area contributed by atoms with Gasteiger partial charge in [0.1, 0.15) is 12.7 Å². The summed E-state index contributed by atoms with van der Waals surface area (Å²) in [6.07, 6.45) is 3.48. The van der Waals surface area contributed by atoms with Crippen LogP contribution in [0.4, 0.5) is 0 Å². The zero-order valence-corrected chi connectivity index (χ0v) is 14.6. The maximum absolute atomic E-state index is 12.4. The number of aryl methyl sites for hydroxylation is 2. The van der Waals surface area contributed by atoms with Gasteiger partial charge in [-0.2, -0.15) is 5.10 Å². The van der Waals surface area contributed by atoms with Crippen LogP contribution in [0.25, 0.3) is 0 Å². The first-order chi connectivity index (χ1) is 12.2. The van der Waals surface area contributed by atoms with Crippen molar-refractivity contribution < 1.29 is 9.53 Å². The Labute approximate surface area is 148 Å². The van der Waals surface area contributed by atoms with Crippen molar-refractivity contribution in [3.8, 4) is 0 Å². The first kappa shape index (κ1) is 17.6. The fourth-order valence-corrected chi connectivity index (χ4v) is 2.91. The molecule has 0 aliphatic carbocycles. The summed E-state index contributed by atoms with van der Waals surface area (Å²) in [6.45, 7) is 6.69. The van der Waals surface area contributed by atoms with Gasteiger partial charge in [0.15, 0.2) is 0 Å². The van der Waals surface area contributed by atoms with Gasteiger partial charge in [-0.3, -0.25) is 14.4 Å². The Morgan fingerprint density at radius 3 is 2.72 bits per heavy atom. The summed E-state index contributed by atoms with van der Waals surface area (Å²) in [5.74, 6) is 0.0225. The number of carbonyl (C=O) groups excluding carboxylic acids is 1. The van der Waals surface area contributed by atoms with Crippen LogP contribution in [0.2, 0.25) is 0 Å². The minimum absolute atomic E-state index is 0.0225. The van der Waals surface area contributed by atoms with Gasteiger partial charge in [-0.1, -0.05) is 29.8 Å². The maximum Gasteiger partial charge on any atom is 0.222 e. The number of carbonyl (C=O) groups is 1. The van der Waals surface area contributed by atoms with Gasteiger partial charge in [-0.05, 0) is 12.5 Å². The highest BCUT2D eigenvalue weighted by Gasteiger charge is 2.20. The summed E-state index contributed by atoms with van der Waals surface area (Å²) in [4.78, 5) is 18.6. The number of benzene rings is 1. The molecule has 3 rings (SSSR count). The van der Waals surface area contributed by atoms with E-state index in [1.54, 1.807) is 11.0 Å². The molecular formula is C18H25N5O2. The highest BCUT2D eigenvalue weighted by Crippen LogP contribution is 2.16. The molecule has 2 aromatic rings. The molecule has 1 N–H and O–H groups in total. The molecule has 1 fully saturated rings. The number of rotatable bonds is 7. The zero-order chi connectivity index (χ0) is 17.5. The normalized spacial score (nSPS) is 16.5. The molecule has 0 unspecified atom stereocenters. The number of nitrogens with one attached hydrogen (secondary N) is 1. The van der Waals surface area contributed by atoms with Gasteiger partial charge in [-0.15, -0.1) is 0 Å². The van der Waals surface area contributed by atoms with Gasteiger partial charge in [0.05, 0.1) is 25.8 Å². The summed E-state index contributed by atoms with van der Waals surface area (Å²) >= 11 is 0. The minimum Gasteiger partial charge on any atom is -0.379 e. The lowest BCUT2D eigenvalue weighted by Crippen LogP contribution is -2.43. The van der Waals surface area contributed by atoms with Crippen LogP contribution in [0, 0.1) is 6.92 Å². The molecule has 0 bridgehead atoms. The largest absolute Gasteiger partial charge is 0.379 e. The molecule has 7 nitrogen and oxygen atoms in total. The first-order valence-corrected chi connectivity index (χ1v) is 8.69. The number of ether oxygens (including phenoxy) is 1. The number of amides is 1. The second kappa shape index (κ2) is 8.73. The van der Waals surface area contributed by atoms with Crippen molar-refractivity contribution in [1.82, 2.24) is 25.0 Å². The molecule has 0 radical (unpaired) electrons. The van der Waals surface area contributed by atoms with E-state index in [2.05, 4.69) is 51.5 Å². The highest BCUT2D eigenvalue weighted by molar-refractivity contribution is 5.76.